The smallest absolute Gasteiger partial charge is 0.0490 e. The molecule has 0 aromatic heterocycles. The van der Waals surface area contributed by atoms with Gasteiger partial charge in [0.2, 0.25) is 0 Å². The number of aliphatic hydroxyl groups is 1. The number of fused-ring (bicyclic) bond motifs is 1. The van der Waals surface area contributed by atoms with E-state index in [9.17, 15) is 5.11 Å². The zero-order valence-electron chi connectivity index (χ0n) is 11.3. The first-order chi connectivity index (χ1) is 8.74. The van der Waals surface area contributed by atoms with Crippen molar-refractivity contribution in [2.45, 2.75) is 33.1 Å². The summed E-state index contributed by atoms with van der Waals surface area (Å²) in [7, 11) is 0. The molecule has 2 rings (SSSR count). The first-order valence-electron chi connectivity index (χ1n) is 6.82. The lowest BCUT2D eigenvalue weighted by Crippen LogP contribution is -2.26. The van der Waals surface area contributed by atoms with Gasteiger partial charge in [-0.25, -0.2) is 0 Å². The first kappa shape index (κ1) is 13.1. The van der Waals surface area contributed by atoms with Crippen molar-refractivity contribution < 1.29 is 5.11 Å². The van der Waals surface area contributed by atoms with Crippen molar-refractivity contribution in [3.05, 3.63) is 48.0 Å². The van der Waals surface area contributed by atoms with Crippen LogP contribution in [0.5, 0.6) is 0 Å². The van der Waals surface area contributed by atoms with Crippen molar-refractivity contribution >= 4 is 10.8 Å². The Labute approximate surface area is 109 Å². The summed E-state index contributed by atoms with van der Waals surface area (Å²) in [5.41, 5.74) is 1.38. The quantitative estimate of drug-likeness (QED) is 0.834. The molecule has 1 heteroatoms. The fraction of sp³-hybridized carbons (Fsp3) is 0.412. The zero-order valence-corrected chi connectivity index (χ0v) is 11.3. The first-order valence-corrected chi connectivity index (χ1v) is 6.82. The van der Waals surface area contributed by atoms with Crippen molar-refractivity contribution in [1.82, 2.24) is 0 Å². The maximum atomic E-state index is 9.71. The Morgan fingerprint density at radius 3 is 2.28 bits per heavy atom. The molecule has 0 spiro atoms. The fourth-order valence-corrected chi connectivity index (χ4v) is 2.63. The molecule has 0 fully saturated rings. The van der Waals surface area contributed by atoms with Gasteiger partial charge < -0.3 is 5.11 Å². The second kappa shape index (κ2) is 5.53. The molecule has 0 bridgehead atoms. The Bertz CT molecular complexity index is 498. The zero-order chi connectivity index (χ0) is 13.0. The maximum Gasteiger partial charge on any atom is 0.0490 e. The highest BCUT2D eigenvalue weighted by atomic mass is 16.3. The minimum atomic E-state index is 0.0319. The molecule has 2 aromatic rings. The van der Waals surface area contributed by atoms with E-state index in [1.807, 2.05) is 0 Å². The Morgan fingerprint density at radius 1 is 0.944 bits per heavy atom. The second-order valence-electron chi connectivity index (χ2n) is 5.18. The molecular formula is C17H22O. The lowest BCUT2D eigenvalue weighted by molar-refractivity contribution is 0.115. The molecule has 0 saturated carbocycles. The van der Waals surface area contributed by atoms with Crippen molar-refractivity contribution in [3.8, 4) is 0 Å². The molecule has 1 N–H and O–H groups in total. The maximum absolute atomic E-state index is 9.71. The molecule has 0 aliphatic heterocycles. The van der Waals surface area contributed by atoms with Gasteiger partial charge in [0.05, 0.1) is 0 Å². The number of benzene rings is 2. The summed E-state index contributed by atoms with van der Waals surface area (Å²) in [5.74, 6) is 0. The van der Waals surface area contributed by atoms with Crippen LogP contribution >= 0.6 is 0 Å². The van der Waals surface area contributed by atoms with Gasteiger partial charge in [0.1, 0.15) is 0 Å². The van der Waals surface area contributed by atoms with E-state index in [1.165, 1.54) is 16.3 Å². The van der Waals surface area contributed by atoms with Crippen LogP contribution in [0.15, 0.2) is 42.5 Å². The van der Waals surface area contributed by atoms with Crippen LogP contribution in [0.2, 0.25) is 0 Å². The monoisotopic (exact) mass is 242 g/mol. The molecule has 0 aliphatic rings. The highest BCUT2D eigenvalue weighted by molar-refractivity contribution is 5.85. The normalized spacial score (nSPS) is 11.9. The molecule has 0 aliphatic carbocycles. The Kier molecular flexibility index (Phi) is 4.03. The predicted molar refractivity (Wildman–Crippen MR) is 77.8 cm³/mol. The third-order valence-electron chi connectivity index (χ3n) is 4.28. The van der Waals surface area contributed by atoms with Crippen LogP contribution in [0.25, 0.3) is 10.8 Å². The van der Waals surface area contributed by atoms with Gasteiger partial charge in [0, 0.05) is 6.61 Å². The minimum Gasteiger partial charge on any atom is -0.396 e. The van der Waals surface area contributed by atoms with Gasteiger partial charge in [-0.3, -0.25) is 0 Å². The van der Waals surface area contributed by atoms with Crippen LogP contribution in [0, 0.1) is 5.41 Å². The molecule has 0 saturated heterocycles. The third kappa shape index (κ3) is 2.41. The number of hydrogen-bond donors (Lipinski definition) is 1. The number of rotatable bonds is 5. The van der Waals surface area contributed by atoms with Crippen molar-refractivity contribution in [2.75, 3.05) is 6.61 Å². The molecule has 96 valence electrons. The minimum absolute atomic E-state index is 0.0319. The van der Waals surface area contributed by atoms with E-state index in [0.717, 1.165) is 19.3 Å². The summed E-state index contributed by atoms with van der Waals surface area (Å²) in [6, 6.07) is 14.9. The van der Waals surface area contributed by atoms with E-state index in [2.05, 4.69) is 56.3 Å². The summed E-state index contributed by atoms with van der Waals surface area (Å²) >= 11 is 0. The molecule has 0 atom stereocenters. The predicted octanol–water partition coefficient (Wildman–Crippen LogP) is 4.18. The Balaban J connectivity index is 2.42. The Hall–Kier alpha value is -1.34. The SMILES string of the molecule is CCC(CC)(CO)Cc1cccc2ccccc12. The van der Waals surface area contributed by atoms with Crippen LogP contribution in [-0.2, 0) is 6.42 Å². The average molecular weight is 242 g/mol. The van der Waals surface area contributed by atoms with Crippen LogP contribution in [0.3, 0.4) is 0 Å². The molecule has 0 heterocycles. The largest absolute Gasteiger partial charge is 0.396 e. The average Bonchev–Trinajstić information content (AvgIpc) is 2.45. The highest BCUT2D eigenvalue weighted by Crippen LogP contribution is 2.32. The molecule has 18 heavy (non-hydrogen) atoms. The molecule has 0 radical (unpaired) electrons. The van der Waals surface area contributed by atoms with Gasteiger partial charge in [0.15, 0.2) is 0 Å². The standard InChI is InChI=1S/C17H22O/c1-3-17(4-2,13-18)12-15-10-7-9-14-8-5-6-11-16(14)15/h5-11,18H,3-4,12-13H2,1-2H3. The molecule has 1 nitrogen and oxygen atoms in total. The number of aliphatic hydroxyl groups excluding tert-OH is 1. The van der Waals surface area contributed by atoms with Gasteiger partial charge >= 0.3 is 0 Å². The Morgan fingerprint density at radius 2 is 1.61 bits per heavy atom. The summed E-state index contributed by atoms with van der Waals surface area (Å²) in [5, 5.41) is 12.3. The van der Waals surface area contributed by atoms with E-state index < -0.39 is 0 Å². The van der Waals surface area contributed by atoms with E-state index >= 15 is 0 Å². The van der Waals surface area contributed by atoms with Crippen molar-refractivity contribution in [2.24, 2.45) is 5.41 Å². The summed E-state index contributed by atoms with van der Waals surface area (Å²) < 4.78 is 0. The molecule has 0 unspecified atom stereocenters. The van der Waals surface area contributed by atoms with Crippen molar-refractivity contribution in [1.29, 1.82) is 0 Å². The molecule has 0 amide bonds. The van der Waals surface area contributed by atoms with E-state index in [-0.39, 0.29) is 12.0 Å². The summed E-state index contributed by atoms with van der Waals surface area (Å²) in [4.78, 5) is 0. The van der Waals surface area contributed by atoms with Gasteiger partial charge in [-0.15, -0.1) is 0 Å². The third-order valence-corrected chi connectivity index (χ3v) is 4.28. The van der Waals surface area contributed by atoms with Crippen molar-refractivity contribution in [3.63, 3.8) is 0 Å². The lowest BCUT2D eigenvalue weighted by atomic mass is 9.77. The van der Waals surface area contributed by atoms with Gasteiger partial charge in [0.25, 0.3) is 0 Å². The van der Waals surface area contributed by atoms with Crippen LogP contribution < -0.4 is 0 Å². The fourth-order valence-electron chi connectivity index (χ4n) is 2.63. The van der Waals surface area contributed by atoms with Gasteiger partial charge in [-0.1, -0.05) is 56.3 Å². The van der Waals surface area contributed by atoms with Crippen LogP contribution in [0.1, 0.15) is 32.3 Å². The van der Waals surface area contributed by atoms with Gasteiger partial charge in [-0.05, 0) is 41.0 Å². The van der Waals surface area contributed by atoms with Gasteiger partial charge in [-0.2, -0.15) is 0 Å². The number of hydrogen-bond acceptors (Lipinski definition) is 1. The van der Waals surface area contributed by atoms with Crippen LogP contribution in [0.4, 0.5) is 0 Å². The topological polar surface area (TPSA) is 20.2 Å². The molecular weight excluding hydrogens is 220 g/mol. The van der Waals surface area contributed by atoms with E-state index in [4.69, 9.17) is 0 Å². The highest BCUT2D eigenvalue weighted by Gasteiger charge is 2.26. The summed E-state index contributed by atoms with van der Waals surface area (Å²) in [6.45, 7) is 4.61. The van der Waals surface area contributed by atoms with Crippen LogP contribution in [-0.4, -0.2) is 11.7 Å². The summed E-state index contributed by atoms with van der Waals surface area (Å²) in [6.07, 6.45) is 2.99. The second-order valence-corrected chi connectivity index (χ2v) is 5.18. The lowest BCUT2D eigenvalue weighted by Gasteiger charge is -2.30. The van der Waals surface area contributed by atoms with E-state index in [0.29, 0.717) is 0 Å². The van der Waals surface area contributed by atoms with E-state index in [1.54, 1.807) is 0 Å². The molecule has 2 aromatic carbocycles.